The molecule has 0 saturated carbocycles. The Morgan fingerprint density at radius 3 is 1.94 bits per heavy atom. The van der Waals surface area contributed by atoms with Gasteiger partial charge in [-0.05, 0) is 48.4 Å². The van der Waals surface area contributed by atoms with E-state index in [0.29, 0.717) is 5.69 Å². The summed E-state index contributed by atoms with van der Waals surface area (Å²) in [5.74, 6) is -0.241. The molecule has 1 heterocycles. The molecule has 0 unspecified atom stereocenters. The number of aryl methyl sites for hydroxylation is 1. The zero-order valence-corrected chi connectivity index (χ0v) is 18.3. The van der Waals surface area contributed by atoms with Crippen LogP contribution in [-0.4, -0.2) is 15.7 Å². The number of hydrogen-bond donors (Lipinski definition) is 1. The van der Waals surface area contributed by atoms with E-state index < -0.39 is 0 Å². The molecule has 0 spiro atoms. The molecular weight excluding hydrogens is 406 g/mol. The van der Waals surface area contributed by atoms with Crippen LogP contribution in [0.3, 0.4) is 0 Å². The third-order valence-corrected chi connectivity index (χ3v) is 5.54. The maximum absolute atomic E-state index is 12.9. The molecule has 0 bridgehead atoms. The second kappa shape index (κ2) is 8.97. The smallest absolute Gasteiger partial charge is 0.276 e. The van der Waals surface area contributed by atoms with Gasteiger partial charge in [0.25, 0.3) is 5.91 Å². The first-order valence-corrected chi connectivity index (χ1v) is 10.9. The molecule has 5 aromatic rings. The van der Waals surface area contributed by atoms with Crippen molar-refractivity contribution in [3.8, 4) is 28.1 Å². The highest BCUT2D eigenvalue weighted by Crippen LogP contribution is 2.28. The maximum atomic E-state index is 12.9. The summed E-state index contributed by atoms with van der Waals surface area (Å²) in [4.78, 5) is 12.9. The van der Waals surface area contributed by atoms with Gasteiger partial charge in [-0.1, -0.05) is 90.5 Å². The lowest BCUT2D eigenvalue weighted by atomic mass is 10.0. The van der Waals surface area contributed by atoms with E-state index in [9.17, 15) is 4.79 Å². The highest BCUT2D eigenvalue weighted by molar-refractivity contribution is 6.03. The lowest BCUT2D eigenvalue weighted by Crippen LogP contribution is -2.13. The van der Waals surface area contributed by atoms with E-state index in [2.05, 4.69) is 53.7 Å². The average Bonchev–Trinajstić information content (AvgIpc) is 3.31. The lowest BCUT2D eigenvalue weighted by Gasteiger charge is -2.09. The molecular formula is C29H23N3O. The van der Waals surface area contributed by atoms with E-state index in [4.69, 9.17) is 0 Å². The van der Waals surface area contributed by atoms with Crippen molar-refractivity contribution in [1.82, 2.24) is 9.78 Å². The SMILES string of the molecule is Cc1ccc(-n2nc(C(=O)Nc3ccccc3)cc2-c2ccc(-c3ccccc3)cc2)cc1. The Hall–Kier alpha value is -4.44. The number of nitrogens with one attached hydrogen (secondary N) is 1. The highest BCUT2D eigenvalue weighted by Gasteiger charge is 2.17. The summed E-state index contributed by atoms with van der Waals surface area (Å²) in [6.45, 7) is 2.05. The van der Waals surface area contributed by atoms with Crippen LogP contribution < -0.4 is 5.32 Å². The molecule has 0 radical (unpaired) electrons. The van der Waals surface area contributed by atoms with Crippen LogP contribution in [0.25, 0.3) is 28.1 Å². The fraction of sp³-hybridized carbons (Fsp3) is 0.0345. The number of para-hydroxylation sites is 1. The van der Waals surface area contributed by atoms with Crippen molar-refractivity contribution in [3.63, 3.8) is 0 Å². The Morgan fingerprint density at radius 1 is 0.697 bits per heavy atom. The molecule has 0 saturated heterocycles. The molecule has 4 heteroatoms. The second-order valence-electron chi connectivity index (χ2n) is 7.93. The van der Waals surface area contributed by atoms with Gasteiger partial charge in [0.2, 0.25) is 0 Å². The van der Waals surface area contributed by atoms with E-state index in [-0.39, 0.29) is 5.91 Å². The first-order chi connectivity index (χ1) is 16.2. The number of benzene rings is 4. The minimum atomic E-state index is -0.241. The van der Waals surface area contributed by atoms with Crippen LogP contribution in [0.2, 0.25) is 0 Å². The summed E-state index contributed by atoms with van der Waals surface area (Å²) in [7, 11) is 0. The van der Waals surface area contributed by atoms with Crippen molar-refractivity contribution in [2.75, 3.05) is 5.32 Å². The number of nitrogens with zero attached hydrogens (tertiary/aromatic N) is 2. The van der Waals surface area contributed by atoms with Gasteiger partial charge in [-0.3, -0.25) is 4.79 Å². The zero-order chi connectivity index (χ0) is 22.6. The minimum Gasteiger partial charge on any atom is -0.321 e. The topological polar surface area (TPSA) is 46.9 Å². The van der Waals surface area contributed by atoms with Crippen molar-refractivity contribution in [3.05, 3.63) is 127 Å². The molecule has 5 rings (SSSR count). The molecule has 1 aromatic heterocycles. The van der Waals surface area contributed by atoms with Crippen LogP contribution in [0, 0.1) is 6.92 Å². The number of anilines is 1. The van der Waals surface area contributed by atoms with E-state index in [1.807, 2.05) is 83.5 Å². The van der Waals surface area contributed by atoms with Gasteiger partial charge in [-0.25, -0.2) is 4.68 Å². The fourth-order valence-electron chi connectivity index (χ4n) is 3.76. The number of hydrogen-bond acceptors (Lipinski definition) is 2. The van der Waals surface area contributed by atoms with Crippen LogP contribution in [0.1, 0.15) is 16.1 Å². The van der Waals surface area contributed by atoms with Gasteiger partial charge in [0.05, 0.1) is 11.4 Å². The quantitative estimate of drug-likeness (QED) is 0.335. The van der Waals surface area contributed by atoms with E-state index in [1.54, 1.807) is 0 Å². The third kappa shape index (κ3) is 4.46. The van der Waals surface area contributed by atoms with Crippen molar-refractivity contribution in [1.29, 1.82) is 0 Å². The Labute approximate surface area is 193 Å². The number of aromatic nitrogens is 2. The van der Waals surface area contributed by atoms with Crippen LogP contribution >= 0.6 is 0 Å². The largest absolute Gasteiger partial charge is 0.321 e. The predicted molar refractivity (Wildman–Crippen MR) is 134 cm³/mol. The second-order valence-corrected chi connectivity index (χ2v) is 7.93. The van der Waals surface area contributed by atoms with Gasteiger partial charge < -0.3 is 5.32 Å². The summed E-state index contributed by atoms with van der Waals surface area (Å²) in [5.41, 5.74) is 7.32. The predicted octanol–water partition coefficient (Wildman–Crippen LogP) is 6.77. The zero-order valence-electron chi connectivity index (χ0n) is 18.3. The standard InChI is InChI=1S/C29H23N3O/c1-21-12-18-26(19-13-21)32-28(20-27(31-32)29(33)30-25-10-6-3-7-11-25)24-16-14-23(15-17-24)22-8-4-2-5-9-22/h2-20H,1H3,(H,30,33). The molecule has 4 nitrogen and oxygen atoms in total. The van der Waals surface area contributed by atoms with E-state index >= 15 is 0 Å². The van der Waals surface area contributed by atoms with Crippen molar-refractivity contribution in [2.24, 2.45) is 0 Å². The highest BCUT2D eigenvalue weighted by atomic mass is 16.1. The van der Waals surface area contributed by atoms with Crippen LogP contribution in [0.4, 0.5) is 5.69 Å². The summed E-state index contributed by atoms with van der Waals surface area (Å²) >= 11 is 0. The van der Waals surface area contributed by atoms with Crippen LogP contribution in [0.5, 0.6) is 0 Å². The van der Waals surface area contributed by atoms with Crippen LogP contribution in [-0.2, 0) is 0 Å². The molecule has 0 atom stereocenters. The van der Waals surface area contributed by atoms with Gasteiger partial charge in [-0.15, -0.1) is 0 Å². The number of rotatable bonds is 5. The summed E-state index contributed by atoms with van der Waals surface area (Å²) in [5, 5.41) is 7.59. The molecule has 1 amide bonds. The number of carbonyl (C=O) groups is 1. The number of amides is 1. The first kappa shape index (κ1) is 20.5. The Bertz CT molecular complexity index is 1370. The molecule has 160 valence electrons. The van der Waals surface area contributed by atoms with Gasteiger partial charge in [0.1, 0.15) is 0 Å². The van der Waals surface area contributed by atoms with Gasteiger partial charge in [0, 0.05) is 11.3 Å². The summed E-state index contributed by atoms with van der Waals surface area (Å²) in [6, 6.07) is 38.0. The van der Waals surface area contributed by atoms with E-state index in [0.717, 1.165) is 28.2 Å². The molecule has 33 heavy (non-hydrogen) atoms. The van der Waals surface area contributed by atoms with Crippen molar-refractivity contribution >= 4 is 11.6 Å². The van der Waals surface area contributed by atoms with Gasteiger partial charge in [-0.2, -0.15) is 5.10 Å². The lowest BCUT2D eigenvalue weighted by molar-refractivity contribution is 0.102. The van der Waals surface area contributed by atoms with Crippen molar-refractivity contribution < 1.29 is 4.79 Å². The normalized spacial score (nSPS) is 10.7. The van der Waals surface area contributed by atoms with Gasteiger partial charge >= 0.3 is 0 Å². The first-order valence-electron chi connectivity index (χ1n) is 10.9. The minimum absolute atomic E-state index is 0.241. The third-order valence-electron chi connectivity index (χ3n) is 5.54. The van der Waals surface area contributed by atoms with Gasteiger partial charge in [0.15, 0.2) is 5.69 Å². The molecule has 0 aliphatic carbocycles. The monoisotopic (exact) mass is 429 g/mol. The molecule has 4 aromatic carbocycles. The molecule has 0 aliphatic rings. The Balaban J connectivity index is 1.53. The molecule has 1 N–H and O–H groups in total. The van der Waals surface area contributed by atoms with E-state index in [1.165, 1.54) is 11.1 Å². The number of carbonyl (C=O) groups excluding carboxylic acids is 1. The Morgan fingerprint density at radius 2 is 1.27 bits per heavy atom. The summed E-state index contributed by atoms with van der Waals surface area (Å²) < 4.78 is 1.83. The van der Waals surface area contributed by atoms with Crippen molar-refractivity contribution in [2.45, 2.75) is 6.92 Å². The molecule has 0 fully saturated rings. The maximum Gasteiger partial charge on any atom is 0.276 e. The average molecular weight is 430 g/mol. The Kier molecular flexibility index (Phi) is 5.56. The summed E-state index contributed by atoms with van der Waals surface area (Å²) in [6.07, 6.45) is 0. The van der Waals surface area contributed by atoms with Crippen LogP contribution in [0.15, 0.2) is 115 Å². The molecule has 0 aliphatic heterocycles. The fourth-order valence-corrected chi connectivity index (χ4v) is 3.76.